The molecule has 0 heterocycles. The van der Waals surface area contributed by atoms with E-state index in [2.05, 4.69) is 15.9 Å². The number of aliphatic hydroxyl groups is 1. The number of halogens is 2. The summed E-state index contributed by atoms with van der Waals surface area (Å²) < 4.78 is 23.4. The largest absolute Gasteiger partial charge is 0.495 e. The molecule has 1 aromatic rings. The second-order valence-electron chi connectivity index (χ2n) is 3.07. The molecular weight excluding hydrogens is 299 g/mol. The van der Waals surface area contributed by atoms with Gasteiger partial charge in [-0.05, 0) is 22.0 Å². The van der Waals surface area contributed by atoms with E-state index < -0.39 is 17.9 Å². The van der Waals surface area contributed by atoms with Crippen molar-refractivity contribution in [1.29, 1.82) is 0 Å². The van der Waals surface area contributed by atoms with Crippen LogP contribution in [-0.4, -0.2) is 30.4 Å². The number of carbonyl (C=O) groups is 1. The van der Waals surface area contributed by atoms with Gasteiger partial charge >= 0.3 is 5.97 Å². The zero-order chi connectivity index (χ0) is 13.2. The lowest BCUT2D eigenvalue weighted by Gasteiger charge is -2.15. The maximum Gasteiger partial charge on any atom is 0.337 e. The highest BCUT2D eigenvalue weighted by Gasteiger charge is 2.26. The predicted octanol–water partition coefficient (Wildman–Crippen LogP) is 1.72. The summed E-state index contributed by atoms with van der Waals surface area (Å²) in [5.41, 5.74) is -0.190. The van der Waals surface area contributed by atoms with Crippen LogP contribution in [0.2, 0.25) is 0 Å². The summed E-state index contributed by atoms with van der Waals surface area (Å²) in [6.45, 7) is 0. The van der Waals surface area contributed by atoms with Crippen molar-refractivity contribution in [2.75, 3.05) is 14.2 Å². The number of carboxylic acids is 1. The number of hydrogen-bond acceptors (Lipinski definition) is 4. The Hall–Kier alpha value is -1.34. The molecule has 0 aliphatic rings. The lowest BCUT2D eigenvalue weighted by Crippen LogP contribution is -2.12. The Bertz CT molecular complexity index is 449. The zero-order valence-corrected chi connectivity index (χ0v) is 10.6. The zero-order valence-electron chi connectivity index (χ0n) is 9.03. The van der Waals surface area contributed by atoms with Crippen LogP contribution >= 0.6 is 15.9 Å². The van der Waals surface area contributed by atoms with Crippen molar-refractivity contribution in [3.63, 3.8) is 0 Å². The van der Waals surface area contributed by atoms with E-state index >= 15 is 0 Å². The minimum absolute atomic E-state index is 0.0122. The number of carboxylic acid groups (broad SMARTS) is 1. The van der Waals surface area contributed by atoms with Crippen molar-refractivity contribution < 1.29 is 28.9 Å². The van der Waals surface area contributed by atoms with Gasteiger partial charge < -0.3 is 19.7 Å². The van der Waals surface area contributed by atoms with Crippen molar-refractivity contribution >= 4 is 21.9 Å². The van der Waals surface area contributed by atoms with E-state index in [0.29, 0.717) is 0 Å². The molecule has 94 valence electrons. The molecule has 0 bridgehead atoms. The second-order valence-corrected chi connectivity index (χ2v) is 3.86. The van der Waals surface area contributed by atoms with E-state index in [4.69, 9.17) is 14.6 Å². The van der Waals surface area contributed by atoms with Gasteiger partial charge in [-0.1, -0.05) is 0 Å². The minimum atomic E-state index is -1.87. The number of aliphatic hydroxyl groups excluding tert-OH is 1. The first-order chi connectivity index (χ1) is 7.93. The quantitative estimate of drug-likeness (QED) is 0.886. The maximum atomic E-state index is 13.5. The first-order valence-electron chi connectivity index (χ1n) is 4.44. The van der Waals surface area contributed by atoms with Crippen LogP contribution in [0, 0.1) is 5.82 Å². The number of aliphatic carboxylic acids is 1. The summed E-state index contributed by atoms with van der Waals surface area (Å²) >= 11 is 3.03. The average Bonchev–Trinajstić information content (AvgIpc) is 2.27. The normalized spacial score (nSPS) is 12.1. The Kier molecular flexibility index (Phi) is 4.30. The number of ether oxygens (including phenoxy) is 2. The number of hydrogen-bond donors (Lipinski definition) is 2. The molecule has 0 fully saturated rings. The summed E-state index contributed by atoms with van der Waals surface area (Å²) in [5.74, 6) is -2.41. The summed E-state index contributed by atoms with van der Waals surface area (Å²) in [7, 11) is 2.53. The van der Waals surface area contributed by atoms with E-state index in [-0.39, 0.29) is 21.5 Å². The molecule has 1 rings (SSSR count). The fourth-order valence-electron chi connectivity index (χ4n) is 1.33. The van der Waals surface area contributed by atoms with Crippen LogP contribution in [0.25, 0.3) is 0 Å². The molecule has 1 aromatic carbocycles. The molecule has 0 amide bonds. The SMILES string of the molecule is COc1c(F)cc(C(O)C(=O)O)c(OC)c1Br. The molecule has 7 heteroatoms. The molecule has 0 aliphatic heterocycles. The molecule has 0 saturated heterocycles. The molecule has 0 saturated carbocycles. The first-order valence-corrected chi connectivity index (χ1v) is 5.24. The molecule has 1 atom stereocenters. The third-order valence-electron chi connectivity index (χ3n) is 2.10. The van der Waals surface area contributed by atoms with Crippen LogP contribution in [0.4, 0.5) is 4.39 Å². The average molecular weight is 309 g/mol. The van der Waals surface area contributed by atoms with Crippen molar-refractivity contribution in [3.8, 4) is 11.5 Å². The van der Waals surface area contributed by atoms with E-state index in [0.717, 1.165) is 6.07 Å². The fourth-order valence-corrected chi connectivity index (χ4v) is 2.08. The van der Waals surface area contributed by atoms with Crippen molar-refractivity contribution in [1.82, 2.24) is 0 Å². The summed E-state index contributed by atoms with van der Waals surface area (Å²) in [4.78, 5) is 10.7. The van der Waals surface area contributed by atoms with Gasteiger partial charge in [0.25, 0.3) is 0 Å². The molecule has 2 N–H and O–H groups in total. The van der Waals surface area contributed by atoms with Crippen molar-refractivity contribution in [3.05, 3.63) is 21.9 Å². The van der Waals surface area contributed by atoms with Gasteiger partial charge in [0.05, 0.1) is 14.2 Å². The number of benzene rings is 1. The predicted molar refractivity (Wildman–Crippen MR) is 59.8 cm³/mol. The van der Waals surface area contributed by atoms with Crippen LogP contribution in [0.3, 0.4) is 0 Å². The lowest BCUT2D eigenvalue weighted by molar-refractivity contribution is -0.147. The van der Waals surface area contributed by atoms with Gasteiger partial charge in [0.1, 0.15) is 10.2 Å². The van der Waals surface area contributed by atoms with Gasteiger partial charge in [0.2, 0.25) is 0 Å². The van der Waals surface area contributed by atoms with Gasteiger partial charge in [0, 0.05) is 5.56 Å². The van der Waals surface area contributed by atoms with Crippen LogP contribution in [0.15, 0.2) is 10.5 Å². The third-order valence-corrected chi connectivity index (χ3v) is 2.82. The molecule has 0 radical (unpaired) electrons. The summed E-state index contributed by atoms with van der Waals surface area (Å²) in [5, 5.41) is 18.1. The summed E-state index contributed by atoms with van der Waals surface area (Å²) in [6, 6.07) is 0.862. The molecular formula is C10H10BrFO5. The smallest absolute Gasteiger partial charge is 0.337 e. The van der Waals surface area contributed by atoms with E-state index in [1.807, 2.05) is 0 Å². The fraction of sp³-hybridized carbons (Fsp3) is 0.300. The van der Waals surface area contributed by atoms with Crippen LogP contribution in [0.1, 0.15) is 11.7 Å². The van der Waals surface area contributed by atoms with E-state index in [9.17, 15) is 14.3 Å². The number of rotatable bonds is 4. The number of methoxy groups -OCH3 is 2. The van der Waals surface area contributed by atoms with Crippen LogP contribution < -0.4 is 9.47 Å². The Morgan fingerprint density at radius 3 is 2.35 bits per heavy atom. The lowest BCUT2D eigenvalue weighted by atomic mass is 10.1. The summed E-state index contributed by atoms with van der Waals surface area (Å²) in [6.07, 6.45) is -1.87. The van der Waals surface area contributed by atoms with Gasteiger partial charge in [-0.25, -0.2) is 9.18 Å². The van der Waals surface area contributed by atoms with E-state index in [1.165, 1.54) is 14.2 Å². The Balaban J connectivity index is 3.46. The highest BCUT2D eigenvalue weighted by atomic mass is 79.9. The highest BCUT2D eigenvalue weighted by Crippen LogP contribution is 2.41. The molecule has 0 spiro atoms. The molecule has 0 aromatic heterocycles. The standard InChI is InChI=1S/C10H10BrFO5/c1-16-8-4(7(13)10(14)15)3-5(12)9(17-2)6(8)11/h3,7,13H,1-2H3,(H,14,15). The Morgan fingerprint density at radius 1 is 1.41 bits per heavy atom. The first kappa shape index (κ1) is 13.7. The monoisotopic (exact) mass is 308 g/mol. The molecule has 17 heavy (non-hydrogen) atoms. The van der Waals surface area contributed by atoms with Gasteiger partial charge in [-0.3, -0.25) is 0 Å². The van der Waals surface area contributed by atoms with Gasteiger partial charge in [-0.2, -0.15) is 0 Å². The van der Waals surface area contributed by atoms with Crippen LogP contribution in [0.5, 0.6) is 11.5 Å². The molecule has 5 nitrogen and oxygen atoms in total. The van der Waals surface area contributed by atoms with Crippen LogP contribution in [-0.2, 0) is 4.79 Å². The third kappa shape index (κ3) is 2.50. The van der Waals surface area contributed by atoms with Crippen molar-refractivity contribution in [2.24, 2.45) is 0 Å². The molecule has 0 aliphatic carbocycles. The second kappa shape index (κ2) is 5.33. The Labute approximate surface area is 105 Å². The topological polar surface area (TPSA) is 76.0 Å². The Morgan fingerprint density at radius 2 is 1.94 bits per heavy atom. The van der Waals surface area contributed by atoms with Gasteiger partial charge in [0.15, 0.2) is 17.7 Å². The molecule has 1 unspecified atom stereocenters. The maximum absolute atomic E-state index is 13.5. The van der Waals surface area contributed by atoms with Gasteiger partial charge in [-0.15, -0.1) is 0 Å². The van der Waals surface area contributed by atoms with Crippen molar-refractivity contribution in [2.45, 2.75) is 6.10 Å². The highest BCUT2D eigenvalue weighted by molar-refractivity contribution is 9.10. The minimum Gasteiger partial charge on any atom is -0.495 e. The van der Waals surface area contributed by atoms with E-state index in [1.54, 1.807) is 0 Å².